The third-order valence-electron chi connectivity index (χ3n) is 2.56. The lowest BCUT2D eigenvalue weighted by atomic mass is 10.0. The summed E-state index contributed by atoms with van der Waals surface area (Å²) in [5.74, 6) is 0.336. The van der Waals surface area contributed by atoms with Gasteiger partial charge in [-0.1, -0.05) is 18.5 Å². The molecule has 0 aliphatic carbocycles. The van der Waals surface area contributed by atoms with Crippen molar-refractivity contribution in [1.82, 2.24) is 5.32 Å². The second-order valence-corrected chi connectivity index (χ2v) is 5.02. The molecule has 5 heteroatoms. The molecule has 0 amide bonds. The van der Waals surface area contributed by atoms with Crippen molar-refractivity contribution in [2.45, 2.75) is 13.0 Å². The average Bonchev–Trinajstić information content (AvgIpc) is 2.76. The van der Waals surface area contributed by atoms with Crippen LogP contribution < -0.4 is 5.32 Å². The summed E-state index contributed by atoms with van der Waals surface area (Å²) in [7, 11) is 0. The molecule has 1 aromatic heterocycles. The van der Waals surface area contributed by atoms with Crippen molar-refractivity contribution in [1.29, 1.82) is 0 Å². The minimum atomic E-state index is -0.347. The van der Waals surface area contributed by atoms with Crippen LogP contribution in [0.15, 0.2) is 39.4 Å². The quantitative estimate of drug-likeness (QED) is 0.889. The van der Waals surface area contributed by atoms with Gasteiger partial charge < -0.3 is 9.73 Å². The minimum absolute atomic E-state index is 0.308. The van der Waals surface area contributed by atoms with Crippen LogP contribution in [0.1, 0.15) is 24.3 Å². The second-order valence-electron chi connectivity index (χ2n) is 3.80. The first-order valence-corrected chi connectivity index (χ1v) is 6.72. The number of nitrogens with one attached hydrogen (secondary N) is 1. The van der Waals surface area contributed by atoms with E-state index >= 15 is 0 Å². The average molecular weight is 333 g/mol. The lowest BCUT2D eigenvalue weighted by Gasteiger charge is -2.17. The Kier molecular flexibility index (Phi) is 4.43. The first-order chi connectivity index (χ1) is 8.61. The van der Waals surface area contributed by atoms with Crippen molar-refractivity contribution < 1.29 is 8.81 Å². The molecule has 2 aromatic rings. The predicted molar refractivity (Wildman–Crippen MR) is 73.3 cm³/mol. The Hall–Kier alpha value is -0.840. The zero-order valence-corrected chi connectivity index (χ0v) is 12.1. The lowest BCUT2D eigenvalue weighted by molar-refractivity contribution is 0.429. The van der Waals surface area contributed by atoms with Crippen molar-refractivity contribution in [3.63, 3.8) is 0 Å². The van der Waals surface area contributed by atoms with E-state index in [0.717, 1.165) is 0 Å². The van der Waals surface area contributed by atoms with Gasteiger partial charge in [-0.2, -0.15) is 0 Å². The van der Waals surface area contributed by atoms with Crippen molar-refractivity contribution in [2.75, 3.05) is 6.54 Å². The summed E-state index contributed by atoms with van der Waals surface area (Å²) in [4.78, 5) is 0. The van der Waals surface area contributed by atoms with E-state index in [4.69, 9.17) is 16.0 Å². The zero-order chi connectivity index (χ0) is 13.1. The monoisotopic (exact) mass is 331 g/mol. The van der Waals surface area contributed by atoms with Gasteiger partial charge in [0.25, 0.3) is 0 Å². The summed E-state index contributed by atoms with van der Waals surface area (Å²) in [6, 6.07) is 7.74. The van der Waals surface area contributed by atoms with E-state index in [1.54, 1.807) is 18.2 Å². The normalized spacial score (nSPS) is 12.7. The molecule has 2 rings (SSSR count). The van der Waals surface area contributed by atoms with E-state index in [9.17, 15) is 4.39 Å². The standard InChI is InChI=1S/C13H12BrClFNO/c1-2-17-13(11-5-6-12(14)18-11)9-7-8(15)3-4-10(9)16/h3-7,13,17H,2H2,1H3. The number of rotatable bonds is 4. The van der Waals surface area contributed by atoms with E-state index < -0.39 is 0 Å². The first-order valence-electron chi connectivity index (χ1n) is 5.55. The van der Waals surface area contributed by atoms with Gasteiger partial charge in [-0.15, -0.1) is 0 Å². The van der Waals surface area contributed by atoms with Crippen LogP contribution in [0.5, 0.6) is 0 Å². The molecule has 1 unspecified atom stereocenters. The minimum Gasteiger partial charge on any atom is -0.452 e. The highest BCUT2D eigenvalue weighted by atomic mass is 79.9. The molecule has 1 atom stereocenters. The largest absolute Gasteiger partial charge is 0.452 e. The van der Waals surface area contributed by atoms with Crippen LogP contribution in [0.3, 0.4) is 0 Å². The summed E-state index contributed by atoms with van der Waals surface area (Å²) in [6.07, 6.45) is 0. The van der Waals surface area contributed by atoms with E-state index in [2.05, 4.69) is 21.2 Å². The molecule has 96 valence electrons. The van der Waals surface area contributed by atoms with Crippen LogP contribution >= 0.6 is 27.5 Å². The van der Waals surface area contributed by atoms with Crippen LogP contribution in [-0.2, 0) is 0 Å². The molecule has 18 heavy (non-hydrogen) atoms. The number of hydrogen-bond donors (Lipinski definition) is 1. The summed E-state index contributed by atoms with van der Waals surface area (Å²) < 4.78 is 20.0. The van der Waals surface area contributed by atoms with Gasteiger partial charge in [0.15, 0.2) is 4.67 Å². The fourth-order valence-corrected chi connectivity index (χ4v) is 2.29. The van der Waals surface area contributed by atoms with Gasteiger partial charge >= 0.3 is 0 Å². The number of halogens is 3. The highest BCUT2D eigenvalue weighted by molar-refractivity contribution is 9.10. The number of furan rings is 1. The van der Waals surface area contributed by atoms with Gasteiger partial charge in [0.05, 0.1) is 6.04 Å². The topological polar surface area (TPSA) is 25.2 Å². The van der Waals surface area contributed by atoms with Crippen LogP contribution in [0.25, 0.3) is 0 Å². The summed E-state index contributed by atoms with van der Waals surface area (Å²) in [5.41, 5.74) is 0.478. The van der Waals surface area contributed by atoms with Crippen LogP contribution in [0, 0.1) is 5.82 Å². The van der Waals surface area contributed by atoms with Gasteiger partial charge in [0.2, 0.25) is 0 Å². The van der Waals surface area contributed by atoms with Crippen molar-refractivity contribution in [3.8, 4) is 0 Å². The molecule has 0 fully saturated rings. The van der Waals surface area contributed by atoms with Gasteiger partial charge in [-0.3, -0.25) is 0 Å². The number of hydrogen-bond acceptors (Lipinski definition) is 2. The molecule has 0 aliphatic rings. The lowest BCUT2D eigenvalue weighted by Crippen LogP contribution is -2.22. The van der Waals surface area contributed by atoms with Crippen LogP contribution in [0.2, 0.25) is 5.02 Å². The Morgan fingerprint density at radius 3 is 2.78 bits per heavy atom. The number of benzene rings is 1. The Morgan fingerprint density at radius 1 is 1.39 bits per heavy atom. The fourth-order valence-electron chi connectivity index (χ4n) is 1.79. The Bertz CT molecular complexity index is 544. The molecular formula is C13H12BrClFNO. The van der Waals surface area contributed by atoms with Gasteiger partial charge in [0, 0.05) is 10.6 Å². The van der Waals surface area contributed by atoms with E-state index in [-0.39, 0.29) is 11.9 Å². The SMILES string of the molecule is CCNC(c1ccc(Br)o1)c1cc(Cl)ccc1F. The zero-order valence-electron chi connectivity index (χ0n) is 9.71. The molecule has 0 saturated carbocycles. The maximum absolute atomic E-state index is 13.9. The Balaban J connectivity index is 2.44. The maximum atomic E-state index is 13.9. The van der Waals surface area contributed by atoms with Crippen molar-refractivity contribution in [3.05, 3.63) is 57.2 Å². The predicted octanol–water partition coefficient (Wildman–Crippen LogP) is 4.53. The van der Waals surface area contributed by atoms with Crippen molar-refractivity contribution >= 4 is 27.5 Å². The molecule has 0 bridgehead atoms. The fraction of sp³-hybridized carbons (Fsp3) is 0.231. The molecule has 1 N–H and O–H groups in total. The highest BCUT2D eigenvalue weighted by Gasteiger charge is 2.20. The summed E-state index contributed by atoms with van der Waals surface area (Å²) in [5, 5.41) is 3.68. The summed E-state index contributed by atoms with van der Waals surface area (Å²) >= 11 is 9.16. The first kappa shape index (κ1) is 13.6. The molecule has 0 spiro atoms. The van der Waals surface area contributed by atoms with E-state index in [1.165, 1.54) is 12.1 Å². The Labute approximate surface area is 118 Å². The highest BCUT2D eigenvalue weighted by Crippen LogP contribution is 2.29. The maximum Gasteiger partial charge on any atom is 0.169 e. The van der Waals surface area contributed by atoms with Gasteiger partial charge in [-0.25, -0.2) is 4.39 Å². The molecule has 0 radical (unpaired) electrons. The van der Waals surface area contributed by atoms with E-state index in [1.807, 2.05) is 6.92 Å². The van der Waals surface area contributed by atoms with Crippen molar-refractivity contribution in [2.24, 2.45) is 0 Å². The third kappa shape index (κ3) is 2.94. The van der Waals surface area contributed by atoms with Crippen LogP contribution in [0.4, 0.5) is 4.39 Å². The summed E-state index contributed by atoms with van der Waals surface area (Å²) in [6.45, 7) is 2.64. The third-order valence-corrected chi connectivity index (χ3v) is 3.22. The second kappa shape index (κ2) is 5.87. The van der Waals surface area contributed by atoms with Gasteiger partial charge in [-0.05, 0) is 52.8 Å². The molecule has 0 aliphatic heterocycles. The molecule has 0 saturated heterocycles. The van der Waals surface area contributed by atoms with Crippen LogP contribution in [-0.4, -0.2) is 6.54 Å². The molecule has 1 heterocycles. The smallest absolute Gasteiger partial charge is 0.169 e. The molecule has 2 nitrogen and oxygen atoms in total. The van der Waals surface area contributed by atoms with E-state index in [0.29, 0.717) is 27.6 Å². The van der Waals surface area contributed by atoms with Gasteiger partial charge in [0.1, 0.15) is 11.6 Å². The molecule has 1 aromatic carbocycles. The Morgan fingerprint density at radius 2 is 2.17 bits per heavy atom. The molecular weight excluding hydrogens is 321 g/mol.